The van der Waals surface area contributed by atoms with Crippen LogP contribution in [-0.4, -0.2) is 24.9 Å². The molecule has 1 aliphatic heterocycles. The molecule has 0 unspecified atom stereocenters. The third-order valence-electron chi connectivity index (χ3n) is 4.10. The van der Waals surface area contributed by atoms with Gasteiger partial charge in [-0.1, -0.05) is 28.1 Å². The summed E-state index contributed by atoms with van der Waals surface area (Å²) in [6.07, 6.45) is 1.70. The van der Waals surface area contributed by atoms with Gasteiger partial charge in [0.15, 0.2) is 0 Å². The molecule has 0 saturated carbocycles. The van der Waals surface area contributed by atoms with Crippen LogP contribution in [-0.2, 0) is 9.31 Å². The number of nitrogens with two attached hydrogens (primary N) is 1. The van der Waals surface area contributed by atoms with Crippen LogP contribution in [0.25, 0.3) is 6.08 Å². The molecule has 2 N–H and O–H groups in total. The average molecular weight is 356 g/mol. The van der Waals surface area contributed by atoms with E-state index in [4.69, 9.17) is 15.0 Å². The van der Waals surface area contributed by atoms with Gasteiger partial charge in [-0.2, -0.15) is 0 Å². The number of benzene rings is 1. The monoisotopic (exact) mass is 355 g/mol. The highest BCUT2D eigenvalue weighted by molar-refractivity contribution is 9.10. The van der Waals surface area contributed by atoms with E-state index in [0.29, 0.717) is 10.0 Å². The van der Waals surface area contributed by atoms with Crippen LogP contribution in [0.2, 0.25) is 0 Å². The lowest BCUT2D eigenvalue weighted by Gasteiger charge is -2.32. The minimum atomic E-state index is -0.553. The van der Waals surface area contributed by atoms with E-state index in [1.54, 1.807) is 18.2 Å². The van der Waals surface area contributed by atoms with E-state index in [0.717, 1.165) is 5.47 Å². The van der Waals surface area contributed by atoms with E-state index in [1.165, 1.54) is 6.07 Å². The third-order valence-corrected chi connectivity index (χ3v) is 4.59. The molecule has 0 spiro atoms. The first-order valence-corrected chi connectivity index (χ1v) is 7.67. The minimum absolute atomic E-state index is 0.242. The molecular formula is C15H20BBrFNO2. The Morgan fingerprint density at radius 3 is 2.33 bits per heavy atom. The molecule has 0 amide bonds. The summed E-state index contributed by atoms with van der Waals surface area (Å²) >= 11 is 3.24. The Labute approximate surface area is 134 Å². The zero-order chi connectivity index (χ0) is 15.8. The first-order chi connectivity index (χ1) is 9.66. The number of halogens is 2. The van der Waals surface area contributed by atoms with Gasteiger partial charge in [-0.3, -0.25) is 0 Å². The summed E-state index contributed by atoms with van der Waals surface area (Å²) in [6.45, 7) is 8.14. The zero-order valence-electron chi connectivity index (χ0n) is 12.7. The smallest absolute Gasteiger partial charge is 0.400 e. The Bertz CT molecular complexity index is 559. The van der Waals surface area contributed by atoms with Crippen LogP contribution in [0.4, 0.5) is 4.39 Å². The molecule has 6 heteroatoms. The van der Waals surface area contributed by atoms with Gasteiger partial charge in [0.25, 0.3) is 0 Å². The third kappa shape index (κ3) is 3.39. The van der Waals surface area contributed by atoms with Gasteiger partial charge in [0.2, 0.25) is 0 Å². The van der Waals surface area contributed by atoms with Crippen LogP contribution in [0.1, 0.15) is 33.3 Å². The maximum absolute atomic E-state index is 13.9. The highest BCUT2D eigenvalue weighted by Gasteiger charge is 2.52. The Morgan fingerprint density at radius 2 is 1.86 bits per heavy atom. The number of rotatable bonds is 3. The van der Waals surface area contributed by atoms with Crippen molar-refractivity contribution >= 4 is 29.1 Å². The van der Waals surface area contributed by atoms with Gasteiger partial charge in [-0.25, -0.2) is 4.39 Å². The van der Waals surface area contributed by atoms with Gasteiger partial charge in [-0.05, 0) is 45.3 Å². The van der Waals surface area contributed by atoms with Gasteiger partial charge in [0.05, 0.1) is 11.2 Å². The van der Waals surface area contributed by atoms with Gasteiger partial charge in [-0.15, -0.1) is 0 Å². The van der Waals surface area contributed by atoms with Crippen molar-refractivity contribution in [3.63, 3.8) is 0 Å². The lowest BCUT2D eigenvalue weighted by molar-refractivity contribution is 0.00578. The second-order valence-corrected chi connectivity index (χ2v) is 7.09. The first-order valence-electron chi connectivity index (χ1n) is 6.87. The number of hydrogen-bond acceptors (Lipinski definition) is 3. The van der Waals surface area contributed by atoms with E-state index in [-0.39, 0.29) is 12.4 Å². The second-order valence-electron chi connectivity index (χ2n) is 6.18. The predicted molar refractivity (Wildman–Crippen MR) is 87.2 cm³/mol. The molecule has 0 atom stereocenters. The summed E-state index contributed by atoms with van der Waals surface area (Å²) in [5.74, 6) is -0.313. The van der Waals surface area contributed by atoms with Crippen molar-refractivity contribution in [3.05, 3.63) is 39.5 Å². The molecule has 1 aromatic rings. The molecular weight excluding hydrogens is 336 g/mol. The Morgan fingerprint density at radius 1 is 1.29 bits per heavy atom. The molecule has 1 saturated heterocycles. The van der Waals surface area contributed by atoms with Crippen LogP contribution in [0.3, 0.4) is 0 Å². The fraction of sp³-hybridized carbons (Fsp3) is 0.467. The average Bonchev–Trinajstić information content (AvgIpc) is 2.57. The van der Waals surface area contributed by atoms with Crippen molar-refractivity contribution in [2.24, 2.45) is 5.73 Å². The van der Waals surface area contributed by atoms with E-state index in [9.17, 15) is 4.39 Å². The van der Waals surface area contributed by atoms with Crippen molar-refractivity contribution in [2.75, 3.05) is 6.54 Å². The molecule has 2 rings (SSSR count). The van der Waals surface area contributed by atoms with Gasteiger partial charge < -0.3 is 15.0 Å². The second kappa shape index (κ2) is 5.84. The van der Waals surface area contributed by atoms with Crippen molar-refractivity contribution in [1.29, 1.82) is 0 Å². The predicted octanol–water partition coefficient (Wildman–Crippen LogP) is 3.56. The molecule has 1 heterocycles. The summed E-state index contributed by atoms with van der Waals surface area (Å²) in [5, 5.41) is 0. The zero-order valence-corrected chi connectivity index (χ0v) is 14.3. The highest BCUT2D eigenvalue weighted by atomic mass is 79.9. The summed E-state index contributed by atoms with van der Waals surface area (Å²) < 4.78 is 26.5. The fourth-order valence-corrected chi connectivity index (χ4v) is 2.37. The quantitative estimate of drug-likeness (QED) is 0.843. The summed E-state index contributed by atoms with van der Waals surface area (Å²) in [7, 11) is -0.553. The molecule has 3 nitrogen and oxygen atoms in total. The van der Waals surface area contributed by atoms with E-state index < -0.39 is 18.3 Å². The van der Waals surface area contributed by atoms with Crippen LogP contribution in [0, 0.1) is 5.82 Å². The summed E-state index contributed by atoms with van der Waals surface area (Å²) in [5.41, 5.74) is 6.10. The van der Waals surface area contributed by atoms with Crippen LogP contribution >= 0.6 is 15.9 Å². The maximum Gasteiger partial charge on any atom is 0.491 e. The molecule has 21 heavy (non-hydrogen) atoms. The van der Waals surface area contributed by atoms with E-state index >= 15 is 0 Å². The summed E-state index contributed by atoms with van der Waals surface area (Å²) in [6, 6.07) is 4.90. The Kier molecular flexibility index (Phi) is 4.64. The minimum Gasteiger partial charge on any atom is -0.400 e. The first kappa shape index (κ1) is 16.7. The normalized spacial score (nSPS) is 20.9. The van der Waals surface area contributed by atoms with Crippen LogP contribution < -0.4 is 5.73 Å². The highest BCUT2D eigenvalue weighted by Crippen LogP contribution is 2.38. The summed E-state index contributed by atoms with van der Waals surface area (Å²) in [4.78, 5) is 0. The van der Waals surface area contributed by atoms with Gasteiger partial charge >= 0.3 is 7.12 Å². The molecule has 1 fully saturated rings. The molecule has 0 aromatic heterocycles. The van der Waals surface area contributed by atoms with E-state index in [2.05, 4.69) is 15.9 Å². The maximum atomic E-state index is 13.9. The lowest BCUT2D eigenvalue weighted by atomic mass is 9.77. The van der Waals surface area contributed by atoms with Crippen molar-refractivity contribution in [3.8, 4) is 0 Å². The molecule has 1 aromatic carbocycles. The Balaban J connectivity index is 2.31. The van der Waals surface area contributed by atoms with Gasteiger partial charge in [0.1, 0.15) is 5.82 Å². The molecule has 0 radical (unpaired) electrons. The molecule has 1 aliphatic rings. The van der Waals surface area contributed by atoms with Crippen molar-refractivity contribution in [2.45, 2.75) is 38.9 Å². The lowest BCUT2D eigenvalue weighted by Crippen LogP contribution is -2.41. The molecule has 0 bridgehead atoms. The van der Waals surface area contributed by atoms with Crippen molar-refractivity contribution in [1.82, 2.24) is 0 Å². The van der Waals surface area contributed by atoms with E-state index in [1.807, 2.05) is 27.7 Å². The standard InChI is InChI=1S/C15H20BBrFNO2/c1-14(2)15(3,4)21-16(20-14)11(9-19)7-10-5-6-12(17)8-13(10)18/h5-8H,9,19H2,1-4H3. The van der Waals surface area contributed by atoms with Crippen molar-refractivity contribution < 1.29 is 13.7 Å². The van der Waals surface area contributed by atoms with Crippen LogP contribution in [0.5, 0.6) is 0 Å². The van der Waals surface area contributed by atoms with Crippen LogP contribution in [0.15, 0.2) is 28.1 Å². The largest absolute Gasteiger partial charge is 0.491 e. The SMILES string of the molecule is CC1(C)OB(C(=Cc2ccc(Br)cc2F)CN)OC1(C)C. The molecule has 114 valence electrons. The fourth-order valence-electron chi connectivity index (χ4n) is 2.04. The van der Waals surface area contributed by atoms with Gasteiger partial charge in [0, 0.05) is 16.6 Å². The molecule has 0 aliphatic carbocycles. The number of hydrogen-bond donors (Lipinski definition) is 1. The Hall–Kier alpha value is -0.685. The topological polar surface area (TPSA) is 44.5 Å².